The van der Waals surface area contributed by atoms with Crippen LogP contribution in [0.3, 0.4) is 0 Å². The highest BCUT2D eigenvalue weighted by atomic mass is 16.5. The zero-order valence-corrected chi connectivity index (χ0v) is 13.1. The molecule has 1 aromatic heterocycles. The second-order valence-corrected chi connectivity index (χ2v) is 5.11. The summed E-state index contributed by atoms with van der Waals surface area (Å²) < 4.78 is 12.5. The van der Waals surface area contributed by atoms with Crippen LogP contribution in [0, 0.1) is 6.92 Å². The van der Waals surface area contributed by atoms with Crippen molar-refractivity contribution in [1.82, 2.24) is 4.57 Å². The molecule has 0 unspecified atom stereocenters. The highest BCUT2D eigenvalue weighted by Gasteiger charge is 2.22. The first-order chi connectivity index (χ1) is 10.5. The van der Waals surface area contributed by atoms with Crippen LogP contribution in [0.4, 0.5) is 0 Å². The normalized spacial score (nSPS) is 12.1. The molecule has 0 saturated carbocycles. The van der Waals surface area contributed by atoms with Gasteiger partial charge >= 0.3 is 5.97 Å². The molecule has 5 nitrogen and oxygen atoms in total. The lowest BCUT2D eigenvalue weighted by Gasteiger charge is -2.15. The molecule has 0 aliphatic carbocycles. The largest absolute Gasteiger partial charge is 0.508 e. The molecule has 2 rings (SSSR count). The van der Waals surface area contributed by atoms with E-state index >= 15 is 0 Å². The number of benzene rings is 1. The lowest BCUT2D eigenvalue weighted by Crippen LogP contribution is -2.16. The highest BCUT2D eigenvalue weighted by molar-refractivity contribution is 6.06. The maximum absolute atomic E-state index is 12.3. The Hall–Kier alpha value is -2.43. The molecular formula is C17H21NO4. The van der Waals surface area contributed by atoms with Crippen molar-refractivity contribution >= 4 is 16.9 Å². The molecule has 0 radical (unpaired) electrons. The average molecular weight is 303 g/mol. The summed E-state index contributed by atoms with van der Waals surface area (Å²) in [6.07, 6.45) is 1.32. The zero-order valence-electron chi connectivity index (χ0n) is 13.1. The Labute approximate surface area is 129 Å². The van der Waals surface area contributed by atoms with E-state index in [2.05, 4.69) is 6.58 Å². The Morgan fingerprint density at radius 2 is 2.23 bits per heavy atom. The molecule has 118 valence electrons. The van der Waals surface area contributed by atoms with E-state index in [0.717, 1.165) is 11.2 Å². The lowest BCUT2D eigenvalue weighted by atomic mass is 10.1. The number of carbonyl (C=O) groups is 1. The molecule has 0 fully saturated rings. The van der Waals surface area contributed by atoms with Gasteiger partial charge in [-0.15, -0.1) is 0 Å². The van der Waals surface area contributed by atoms with Gasteiger partial charge in [-0.2, -0.15) is 0 Å². The van der Waals surface area contributed by atoms with Gasteiger partial charge in [0.05, 0.1) is 25.0 Å². The molecule has 1 N–H and O–H groups in total. The van der Waals surface area contributed by atoms with Gasteiger partial charge in [0.15, 0.2) is 0 Å². The predicted molar refractivity (Wildman–Crippen MR) is 85.0 cm³/mol. The summed E-state index contributed by atoms with van der Waals surface area (Å²) in [4.78, 5) is 12.3. The van der Waals surface area contributed by atoms with E-state index in [-0.39, 0.29) is 17.8 Å². The van der Waals surface area contributed by atoms with Crippen molar-refractivity contribution in [3.05, 3.63) is 42.3 Å². The van der Waals surface area contributed by atoms with E-state index in [1.165, 1.54) is 6.26 Å². The quantitative estimate of drug-likeness (QED) is 0.656. The Morgan fingerprint density at radius 3 is 2.86 bits per heavy atom. The third-order valence-electron chi connectivity index (χ3n) is 3.55. The number of fused-ring (bicyclic) bond motifs is 1. The van der Waals surface area contributed by atoms with Crippen LogP contribution in [0.5, 0.6) is 5.75 Å². The van der Waals surface area contributed by atoms with Gasteiger partial charge in [0, 0.05) is 16.6 Å². The van der Waals surface area contributed by atoms with Crippen LogP contribution >= 0.6 is 0 Å². The molecule has 0 saturated heterocycles. The van der Waals surface area contributed by atoms with Gasteiger partial charge in [-0.25, -0.2) is 4.79 Å². The molecule has 0 spiro atoms. The molecule has 2 aromatic rings. The Balaban J connectivity index is 2.59. The number of hydrogen-bond acceptors (Lipinski definition) is 4. The van der Waals surface area contributed by atoms with Gasteiger partial charge in [-0.3, -0.25) is 0 Å². The standard InChI is InChI=1S/C17H21NO4/c1-5-21-11(3)10-18-12(4)16(17(20)22-6-2)14-9-13(19)7-8-15(14)18/h5,7-9,11,19H,1,6,10H2,2-4H3/t11-/m1/s1. The van der Waals surface area contributed by atoms with E-state index in [0.29, 0.717) is 24.1 Å². The van der Waals surface area contributed by atoms with Crippen molar-refractivity contribution in [3.63, 3.8) is 0 Å². The summed E-state index contributed by atoms with van der Waals surface area (Å²) in [6.45, 7) is 9.99. The van der Waals surface area contributed by atoms with Crippen LogP contribution in [-0.2, 0) is 16.0 Å². The minimum absolute atomic E-state index is 0.0874. The van der Waals surface area contributed by atoms with E-state index < -0.39 is 0 Å². The third-order valence-corrected chi connectivity index (χ3v) is 3.55. The van der Waals surface area contributed by atoms with Gasteiger partial charge in [-0.1, -0.05) is 6.58 Å². The van der Waals surface area contributed by atoms with Crippen molar-refractivity contribution in [2.75, 3.05) is 6.61 Å². The van der Waals surface area contributed by atoms with Crippen molar-refractivity contribution < 1.29 is 19.4 Å². The first kappa shape index (κ1) is 15.9. The van der Waals surface area contributed by atoms with Crippen molar-refractivity contribution in [2.24, 2.45) is 0 Å². The first-order valence-corrected chi connectivity index (χ1v) is 7.24. The number of rotatable bonds is 6. The number of carbonyl (C=O) groups excluding carboxylic acids is 1. The van der Waals surface area contributed by atoms with E-state index in [9.17, 15) is 9.90 Å². The Kier molecular flexibility index (Phi) is 4.75. The monoisotopic (exact) mass is 303 g/mol. The van der Waals surface area contributed by atoms with Gasteiger partial charge in [0.2, 0.25) is 0 Å². The number of esters is 1. The minimum atomic E-state index is -0.383. The highest BCUT2D eigenvalue weighted by Crippen LogP contribution is 2.30. The summed E-state index contributed by atoms with van der Waals surface area (Å²) in [6, 6.07) is 4.98. The SMILES string of the molecule is C=CO[C@H](C)Cn1c(C)c(C(=O)OCC)c2cc(O)ccc21. The molecule has 1 heterocycles. The topological polar surface area (TPSA) is 60.7 Å². The molecule has 0 aliphatic rings. The number of phenolic OH excluding ortho intramolecular Hbond substituents is 1. The van der Waals surface area contributed by atoms with Crippen LogP contribution in [0.15, 0.2) is 31.0 Å². The van der Waals surface area contributed by atoms with E-state index in [4.69, 9.17) is 9.47 Å². The van der Waals surface area contributed by atoms with Crippen molar-refractivity contribution in [1.29, 1.82) is 0 Å². The smallest absolute Gasteiger partial charge is 0.340 e. The van der Waals surface area contributed by atoms with Crippen molar-refractivity contribution in [3.8, 4) is 5.75 Å². The summed E-state index contributed by atoms with van der Waals surface area (Å²) in [5, 5.41) is 10.4. The summed E-state index contributed by atoms with van der Waals surface area (Å²) in [5.74, 6) is -0.266. The van der Waals surface area contributed by atoms with Gasteiger partial charge < -0.3 is 19.1 Å². The van der Waals surface area contributed by atoms with Gasteiger partial charge in [0.25, 0.3) is 0 Å². The number of aromatic hydroxyl groups is 1. The number of phenols is 1. The van der Waals surface area contributed by atoms with Crippen LogP contribution in [-0.4, -0.2) is 28.4 Å². The number of ether oxygens (including phenoxy) is 2. The van der Waals surface area contributed by atoms with Crippen molar-refractivity contribution in [2.45, 2.75) is 33.4 Å². The summed E-state index contributed by atoms with van der Waals surface area (Å²) in [5.41, 5.74) is 2.13. The van der Waals surface area contributed by atoms with Crippen LogP contribution in [0.25, 0.3) is 10.9 Å². The molecule has 5 heteroatoms. The Bertz CT molecular complexity index is 702. The molecule has 0 amide bonds. The first-order valence-electron chi connectivity index (χ1n) is 7.24. The molecular weight excluding hydrogens is 282 g/mol. The van der Waals surface area contributed by atoms with Crippen LogP contribution in [0.2, 0.25) is 0 Å². The molecule has 1 atom stereocenters. The Morgan fingerprint density at radius 1 is 1.50 bits per heavy atom. The fraction of sp³-hybridized carbons (Fsp3) is 0.353. The summed E-state index contributed by atoms with van der Waals surface area (Å²) in [7, 11) is 0. The molecule has 1 aromatic carbocycles. The molecule has 22 heavy (non-hydrogen) atoms. The maximum Gasteiger partial charge on any atom is 0.340 e. The van der Waals surface area contributed by atoms with E-state index in [1.54, 1.807) is 25.1 Å². The molecule has 0 bridgehead atoms. The second kappa shape index (κ2) is 6.56. The second-order valence-electron chi connectivity index (χ2n) is 5.11. The van der Waals surface area contributed by atoms with Gasteiger partial charge in [0.1, 0.15) is 11.9 Å². The predicted octanol–water partition coefficient (Wildman–Crippen LogP) is 3.38. The third kappa shape index (κ3) is 2.93. The minimum Gasteiger partial charge on any atom is -0.508 e. The fourth-order valence-corrected chi connectivity index (χ4v) is 2.63. The molecule has 0 aliphatic heterocycles. The number of nitrogens with zero attached hydrogens (tertiary/aromatic N) is 1. The van der Waals surface area contributed by atoms with Crippen LogP contribution < -0.4 is 0 Å². The van der Waals surface area contributed by atoms with E-state index in [1.807, 2.05) is 18.4 Å². The fourth-order valence-electron chi connectivity index (χ4n) is 2.63. The number of aromatic nitrogens is 1. The number of hydrogen-bond donors (Lipinski definition) is 1. The maximum atomic E-state index is 12.3. The summed E-state index contributed by atoms with van der Waals surface area (Å²) >= 11 is 0. The van der Waals surface area contributed by atoms with Gasteiger partial charge in [-0.05, 0) is 39.0 Å². The lowest BCUT2D eigenvalue weighted by molar-refractivity contribution is 0.0527. The zero-order chi connectivity index (χ0) is 16.3. The average Bonchev–Trinajstić information content (AvgIpc) is 2.71. The van der Waals surface area contributed by atoms with Crippen LogP contribution in [0.1, 0.15) is 29.9 Å².